The van der Waals surface area contributed by atoms with Crippen LogP contribution in [0.5, 0.6) is 0 Å². The van der Waals surface area contributed by atoms with Crippen molar-refractivity contribution in [1.29, 1.82) is 0 Å². The van der Waals surface area contributed by atoms with E-state index in [9.17, 15) is 9.59 Å². The van der Waals surface area contributed by atoms with Crippen LogP contribution in [0.4, 0.5) is 0 Å². The lowest BCUT2D eigenvalue weighted by molar-refractivity contribution is -0.152. The molecular weight excluding hydrogens is 326 g/mol. The number of thioether (sulfide) groups is 1. The molecule has 0 aliphatic heterocycles. The Labute approximate surface area is 145 Å². The number of nitrogens with one attached hydrogen (secondary N) is 1. The minimum atomic E-state index is -0.841. The molecule has 1 atom stereocenters. The highest BCUT2D eigenvalue weighted by Crippen LogP contribution is 2.23. The Morgan fingerprint density at radius 3 is 2.75 bits per heavy atom. The molecule has 0 fully saturated rings. The van der Waals surface area contributed by atoms with Crippen molar-refractivity contribution in [2.24, 2.45) is 0 Å². The van der Waals surface area contributed by atoms with Crippen LogP contribution >= 0.6 is 11.8 Å². The highest BCUT2D eigenvalue weighted by atomic mass is 32.2. The van der Waals surface area contributed by atoms with E-state index >= 15 is 0 Å². The Morgan fingerprint density at radius 1 is 1.29 bits per heavy atom. The maximum atomic E-state index is 11.9. The topological polar surface area (TPSA) is 68.5 Å². The predicted octanol–water partition coefficient (Wildman–Crippen LogP) is 3.24. The molecule has 0 saturated carbocycles. The highest BCUT2D eigenvalue weighted by molar-refractivity contribution is 8.00. The van der Waals surface area contributed by atoms with Crippen LogP contribution < -0.4 is 5.32 Å². The van der Waals surface area contributed by atoms with Gasteiger partial charge in [0.15, 0.2) is 6.10 Å². The molecule has 128 valence electrons. The number of carbonyl (C=O) groups is 2. The molecule has 6 heteroatoms. The van der Waals surface area contributed by atoms with Gasteiger partial charge in [-0.2, -0.15) is 0 Å². The quantitative estimate of drug-likeness (QED) is 0.615. The molecule has 0 unspecified atom stereocenters. The third-order valence-electron chi connectivity index (χ3n) is 3.37. The number of ether oxygens (including phenoxy) is 1. The van der Waals surface area contributed by atoms with Crippen LogP contribution in [0.3, 0.4) is 0 Å². The Balaban J connectivity index is 1.75. The molecule has 1 heterocycles. The van der Waals surface area contributed by atoms with E-state index in [-0.39, 0.29) is 18.2 Å². The highest BCUT2D eigenvalue weighted by Gasteiger charge is 2.18. The fourth-order valence-corrected chi connectivity index (χ4v) is 2.91. The van der Waals surface area contributed by atoms with Crippen molar-refractivity contribution in [3.8, 4) is 0 Å². The molecule has 1 N–H and O–H groups in total. The summed E-state index contributed by atoms with van der Waals surface area (Å²) < 4.78 is 10.3. The Bertz CT molecular complexity index is 697. The third kappa shape index (κ3) is 5.45. The normalized spacial score (nSPS) is 11.8. The van der Waals surface area contributed by atoms with E-state index in [4.69, 9.17) is 9.15 Å². The van der Waals surface area contributed by atoms with Crippen LogP contribution in [0.15, 0.2) is 45.9 Å². The summed E-state index contributed by atoms with van der Waals surface area (Å²) in [6.07, 6.45) is 0.696. The maximum Gasteiger partial charge on any atom is 0.317 e. The molecule has 24 heavy (non-hydrogen) atoms. The van der Waals surface area contributed by atoms with Crippen molar-refractivity contribution in [2.45, 2.75) is 38.3 Å². The van der Waals surface area contributed by atoms with Crippen molar-refractivity contribution in [2.75, 3.05) is 5.75 Å². The van der Waals surface area contributed by atoms with Crippen molar-refractivity contribution in [3.63, 3.8) is 0 Å². The zero-order valence-corrected chi connectivity index (χ0v) is 14.8. The molecule has 0 radical (unpaired) electrons. The molecule has 0 saturated heterocycles. The average Bonchev–Trinajstić information content (AvgIpc) is 3.05. The Morgan fingerprint density at radius 2 is 2.08 bits per heavy atom. The van der Waals surface area contributed by atoms with E-state index in [0.717, 1.165) is 10.5 Å². The number of carbonyl (C=O) groups excluding carboxylic acids is 2. The van der Waals surface area contributed by atoms with Crippen LogP contribution in [0, 0.1) is 13.8 Å². The summed E-state index contributed by atoms with van der Waals surface area (Å²) in [6, 6.07) is 9.57. The second-order valence-electron chi connectivity index (χ2n) is 5.49. The first-order chi connectivity index (χ1) is 11.5. The van der Waals surface area contributed by atoms with Gasteiger partial charge in [0.2, 0.25) is 0 Å². The lowest BCUT2D eigenvalue weighted by Crippen LogP contribution is -2.35. The van der Waals surface area contributed by atoms with E-state index < -0.39 is 12.1 Å². The zero-order chi connectivity index (χ0) is 17.5. The van der Waals surface area contributed by atoms with Crippen molar-refractivity contribution < 1.29 is 18.7 Å². The summed E-state index contributed by atoms with van der Waals surface area (Å²) in [5.41, 5.74) is 2.30. The lowest BCUT2D eigenvalue weighted by Gasteiger charge is -2.13. The average molecular weight is 347 g/mol. The van der Waals surface area contributed by atoms with Gasteiger partial charge in [0.05, 0.1) is 18.6 Å². The van der Waals surface area contributed by atoms with Crippen molar-refractivity contribution in [3.05, 3.63) is 53.5 Å². The van der Waals surface area contributed by atoms with Gasteiger partial charge < -0.3 is 14.5 Å². The lowest BCUT2D eigenvalue weighted by atomic mass is 10.2. The van der Waals surface area contributed by atoms with Gasteiger partial charge >= 0.3 is 5.97 Å². The molecule has 1 aromatic carbocycles. The molecule has 0 aliphatic rings. The maximum absolute atomic E-state index is 11.9. The predicted molar refractivity (Wildman–Crippen MR) is 92.7 cm³/mol. The minimum Gasteiger partial charge on any atom is -0.467 e. The van der Waals surface area contributed by atoms with Crippen molar-refractivity contribution in [1.82, 2.24) is 5.32 Å². The van der Waals surface area contributed by atoms with Gasteiger partial charge in [0, 0.05) is 4.90 Å². The Kier molecular flexibility index (Phi) is 6.49. The largest absolute Gasteiger partial charge is 0.467 e. The molecule has 0 spiro atoms. The SMILES string of the molecule is Cc1ccc(SCC(=O)O[C@H](C)C(=O)NCc2ccco2)c(C)c1. The summed E-state index contributed by atoms with van der Waals surface area (Å²) in [7, 11) is 0. The summed E-state index contributed by atoms with van der Waals surface area (Å²) in [5.74, 6) is 0.0452. The van der Waals surface area contributed by atoms with E-state index in [1.165, 1.54) is 23.6 Å². The summed E-state index contributed by atoms with van der Waals surface area (Å²) in [4.78, 5) is 24.8. The number of aryl methyl sites for hydroxylation is 2. The molecular formula is C18H21NO4S. The van der Waals surface area contributed by atoms with E-state index in [1.807, 2.05) is 26.0 Å². The van der Waals surface area contributed by atoms with Crippen LogP contribution in [0.2, 0.25) is 0 Å². The van der Waals surface area contributed by atoms with Crippen LogP contribution in [-0.4, -0.2) is 23.7 Å². The van der Waals surface area contributed by atoms with Gasteiger partial charge in [0.1, 0.15) is 5.76 Å². The van der Waals surface area contributed by atoms with Crippen LogP contribution in [-0.2, 0) is 20.9 Å². The molecule has 1 amide bonds. The van der Waals surface area contributed by atoms with Crippen molar-refractivity contribution >= 4 is 23.6 Å². The number of esters is 1. The van der Waals surface area contributed by atoms with E-state index in [2.05, 4.69) is 11.4 Å². The fraction of sp³-hybridized carbons (Fsp3) is 0.333. The number of amides is 1. The first-order valence-electron chi connectivity index (χ1n) is 7.65. The smallest absolute Gasteiger partial charge is 0.317 e. The number of hydrogen-bond donors (Lipinski definition) is 1. The van der Waals surface area contributed by atoms with E-state index in [0.29, 0.717) is 5.76 Å². The standard InChI is InChI=1S/C18H21NO4S/c1-12-6-7-16(13(2)9-12)24-11-17(20)23-14(3)18(21)19-10-15-5-4-8-22-15/h4-9,14H,10-11H2,1-3H3,(H,19,21)/t14-/m1/s1. The van der Waals surface area contributed by atoms with Crippen LogP contribution in [0.1, 0.15) is 23.8 Å². The molecule has 1 aromatic heterocycles. The van der Waals surface area contributed by atoms with E-state index in [1.54, 1.807) is 19.1 Å². The zero-order valence-electron chi connectivity index (χ0n) is 14.0. The van der Waals surface area contributed by atoms with Crippen LogP contribution in [0.25, 0.3) is 0 Å². The number of hydrogen-bond acceptors (Lipinski definition) is 5. The molecule has 0 bridgehead atoms. The molecule has 0 aliphatic carbocycles. The minimum absolute atomic E-state index is 0.166. The Hall–Kier alpha value is -2.21. The van der Waals surface area contributed by atoms with Gasteiger partial charge in [-0.25, -0.2) is 0 Å². The van der Waals surface area contributed by atoms with Gasteiger partial charge in [0.25, 0.3) is 5.91 Å². The first kappa shape index (κ1) is 18.1. The first-order valence-corrected chi connectivity index (χ1v) is 8.64. The summed E-state index contributed by atoms with van der Waals surface area (Å²) in [5, 5.41) is 2.66. The monoisotopic (exact) mass is 347 g/mol. The molecule has 2 aromatic rings. The summed E-state index contributed by atoms with van der Waals surface area (Å²) in [6.45, 7) is 5.85. The fourth-order valence-electron chi connectivity index (χ4n) is 2.11. The number of rotatable bonds is 7. The van der Waals surface area contributed by atoms with Gasteiger partial charge in [-0.05, 0) is 44.5 Å². The number of furan rings is 1. The molecule has 5 nitrogen and oxygen atoms in total. The van der Waals surface area contributed by atoms with Gasteiger partial charge in [-0.3, -0.25) is 9.59 Å². The number of benzene rings is 1. The third-order valence-corrected chi connectivity index (χ3v) is 4.52. The second kappa shape index (κ2) is 8.59. The second-order valence-corrected chi connectivity index (χ2v) is 6.50. The van der Waals surface area contributed by atoms with Gasteiger partial charge in [-0.15, -0.1) is 11.8 Å². The van der Waals surface area contributed by atoms with Gasteiger partial charge in [-0.1, -0.05) is 17.7 Å². The summed E-state index contributed by atoms with van der Waals surface area (Å²) >= 11 is 1.41. The molecule has 2 rings (SSSR count).